The first-order valence-corrected chi connectivity index (χ1v) is 21.2. The van der Waals surface area contributed by atoms with Gasteiger partial charge < -0.3 is 4.57 Å². The third-order valence-electron chi connectivity index (χ3n) is 11.6. The molecule has 0 aliphatic carbocycles. The molecule has 0 unspecified atom stereocenters. The van der Waals surface area contributed by atoms with Crippen molar-refractivity contribution >= 4 is 33.2 Å². The van der Waals surface area contributed by atoms with Gasteiger partial charge in [-0.1, -0.05) is 170 Å². The largest absolute Gasteiger partial charge is 0.309 e. The number of fused-ring (bicyclic) bond motifs is 3. The molecule has 11 aromatic rings. The molecule has 0 N–H and O–H groups in total. The molecule has 0 fully saturated rings. The second-order valence-corrected chi connectivity index (χ2v) is 15.7. The first-order valence-electron chi connectivity index (χ1n) is 21.2. The highest BCUT2D eigenvalue weighted by Crippen LogP contribution is 2.41. The Morgan fingerprint density at radius 2 is 0.785 bits per heavy atom. The van der Waals surface area contributed by atoms with Crippen LogP contribution in [0.1, 0.15) is 0 Å². The molecular formula is C58H35N7. The monoisotopic (exact) mass is 829 g/mol. The van der Waals surface area contributed by atoms with Crippen LogP contribution >= 0.6 is 0 Å². The van der Waals surface area contributed by atoms with E-state index in [-0.39, 0.29) is 0 Å². The molecule has 0 aliphatic heterocycles. The van der Waals surface area contributed by atoms with Gasteiger partial charge in [-0.05, 0) is 53.6 Å². The van der Waals surface area contributed by atoms with E-state index in [1.54, 1.807) is 6.07 Å². The van der Waals surface area contributed by atoms with E-state index in [0.717, 1.165) is 94.8 Å². The predicted molar refractivity (Wildman–Crippen MR) is 263 cm³/mol. The van der Waals surface area contributed by atoms with Gasteiger partial charge in [-0.2, -0.15) is 0 Å². The number of aromatic nitrogens is 5. The molecule has 0 aliphatic rings. The quantitative estimate of drug-likeness (QED) is 0.143. The first kappa shape index (κ1) is 38.6. The lowest BCUT2D eigenvalue weighted by atomic mass is 10.0. The van der Waals surface area contributed by atoms with Crippen LogP contribution in [-0.2, 0) is 0 Å². The number of hydrogen-bond acceptors (Lipinski definition) is 4. The standard InChI is InChI=1S/C58H35N7/c1-59-45-31-44(32-46(35-45)60-2)42-27-29-48-47-25-15-16-26-54(47)65(56(48)34-42)55-30-28-43(58-62-50(38-17-7-3-8-18-38)36-51(63-58)39-19-9-4-10-20-39)33-49(55)53-37-52(40-21-11-5-12-22-40)61-57(64-53)41-23-13-6-14-24-41/h3-37H. The molecule has 302 valence electrons. The second kappa shape index (κ2) is 16.5. The molecule has 8 aromatic carbocycles. The Morgan fingerprint density at radius 3 is 1.35 bits per heavy atom. The average Bonchev–Trinajstić information content (AvgIpc) is 3.72. The summed E-state index contributed by atoms with van der Waals surface area (Å²) < 4.78 is 2.30. The van der Waals surface area contributed by atoms with Gasteiger partial charge in [0, 0.05) is 44.2 Å². The van der Waals surface area contributed by atoms with Crippen LogP contribution in [0.2, 0.25) is 0 Å². The van der Waals surface area contributed by atoms with Crippen molar-refractivity contribution in [1.29, 1.82) is 0 Å². The number of para-hydroxylation sites is 1. The molecule has 0 radical (unpaired) electrons. The van der Waals surface area contributed by atoms with Gasteiger partial charge >= 0.3 is 0 Å². The Balaban J connectivity index is 1.21. The minimum atomic E-state index is 0.424. The molecule has 0 amide bonds. The first-order chi connectivity index (χ1) is 32.1. The van der Waals surface area contributed by atoms with Gasteiger partial charge in [0.2, 0.25) is 0 Å². The highest BCUT2D eigenvalue weighted by molar-refractivity contribution is 6.11. The lowest BCUT2D eigenvalue weighted by molar-refractivity contribution is 1.14. The van der Waals surface area contributed by atoms with Gasteiger partial charge in [0.15, 0.2) is 23.0 Å². The number of hydrogen-bond donors (Lipinski definition) is 0. The molecule has 0 saturated carbocycles. The maximum atomic E-state index is 7.76. The van der Waals surface area contributed by atoms with Gasteiger partial charge in [-0.3, -0.25) is 0 Å². The summed E-state index contributed by atoms with van der Waals surface area (Å²) in [6.45, 7) is 15.5. The van der Waals surface area contributed by atoms with Crippen molar-refractivity contribution in [1.82, 2.24) is 24.5 Å². The third-order valence-corrected chi connectivity index (χ3v) is 11.6. The van der Waals surface area contributed by atoms with E-state index in [9.17, 15) is 0 Å². The molecule has 0 saturated heterocycles. The SMILES string of the molecule is [C-]#[N+]c1cc([N+]#[C-])cc(-c2ccc3c4ccccc4n(-c4ccc(-c5nc(-c6ccccc6)cc(-c6ccccc6)n5)cc4-c4cc(-c5ccccc5)nc(-c5ccccc5)n4)c3c2)c1. The van der Waals surface area contributed by atoms with Crippen molar-refractivity contribution < 1.29 is 0 Å². The molecule has 3 heterocycles. The molecule has 65 heavy (non-hydrogen) atoms. The van der Waals surface area contributed by atoms with Crippen LogP contribution in [0.4, 0.5) is 11.4 Å². The van der Waals surface area contributed by atoms with Crippen LogP contribution < -0.4 is 0 Å². The van der Waals surface area contributed by atoms with Crippen molar-refractivity contribution in [2.75, 3.05) is 0 Å². The van der Waals surface area contributed by atoms with E-state index < -0.39 is 0 Å². The molecular weight excluding hydrogens is 795 g/mol. The molecule has 0 atom stereocenters. The Morgan fingerprint density at radius 1 is 0.323 bits per heavy atom. The maximum Gasteiger partial charge on any atom is 0.177 e. The Bertz CT molecular complexity index is 3520. The lowest BCUT2D eigenvalue weighted by Crippen LogP contribution is -2.02. The molecule has 0 spiro atoms. The number of benzene rings is 8. The van der Waals surface area contributed by atoms with Gasteiger partial charge in [0.25, 0.3) is 0 Å². The fraction of sp³-hybridized carbons (Fsp3) is 0. The van der Waals surface area contributed by atoms with Crippen LogP contribution in [0.3, 0.4) is 0 Å². The maximum absolute atomic E-state index is 7.76. The van der Waals surface area contributed by atoms with Crippen molar-refractivity contribution in [2.45, 2.75) is 0 Å². The average molecular weight is 830 g/mol. The molecule has 11 rings (SSSR count). The van der Waals surface area contributed by atoms with Crippen LogP contribution in [-0.4, -0.2) is 24.5 Å². The minimum Gasteiger partial charge on any atom is -0.309 e. The second-order valence-electron chi connectivity index (χ2n) is 15.7. The highest BCUT2D eigenvalue weighted by Gasteiger charge is 2.21. The molecule has 0 bridgehead atoms. The minimum absolute atomic E-state index is 0.424. The molecule has 7 nitrogen and oxygen atoms in total. The lowest BCUT2D eigenvalue weighted by Gasteiger charge is -2.17. The van der Waals surface area contributed by atoms with Gasteiger partial charge in [0.1, 0.15) is 0 Å². The number of rotatable bonds is 8. The van der Waals surface area contributed by atoms with E-state index in [0.29, 0.717) is 23.0 Å². The Hall–Kier alpha value is -9.30. The molecule has 3 aromatic heterocycles. The summed E-state index contributed by atoms with van der Waals surface area (Å²) in [7, 11) is 0. The van der Waals surface area contributed by atoms with E-state index in [4.69, 9.17) is 33.1 Å². The summed E-state index contributed by atoms with van der Waals surface area (Å²) in [6, 6.07) is 71.4. The summed E-state index contributed by atoms with van der Waals surface area (Å²) in [5.74, 6) is 1.19. The third kappa shape index (κ3) is 7.36. The van der Waals surface area contributed by atoms with E-state index in [1.807, 2.05) is 97.1 Å². The fourth-order valence-electron chi connectivity index (χ4n) is 8.52. The van der Waals surface area contributed by atoms with Crippen molar-refractivity contribution in [3.05, 3.63) is 235 Å². The van der Waals surface area contributed by atoms with Gasteiger partial charge in [-0.25, -0.2) is 29.6 Å². The zero-order chi connectivity index (χ0) is 43.7. The summed E-state index contributed by atoms with van der Waals surface area (Å²) in [4.78, 5) is 28.4. The Kier molecular flexibility index (Phi) is 9.82. The summed E-state index contributed by atoms with van der Waals surface area (Å²) in [6.07, 6.45) is 0. The zero-order valence-electron chi connectivity index (χ0n) is 34.8. The summed E-state index contributed by atoms with van der Waals surface area (Å²) in [5.41, 5.74) is 14.1. The Labute approximate surface area is 375 Å². The molecule has 7 heteroatoms. The van der Waals surface area contributed by atoms with Crippen molar-refractivity contribution in [3.8, 4) is 84.6 Å². The van der Waals surface area contributed by atoms with Gasteiger partial charge in [-0.15, -0.1) is 0 Å². The zero-order valence-corrected chi connectivity index (χ0v) is 34.8. The summed E-state index contributed by atoms with van der Waals surface area (Å²) in [5, 5.41) is 2.15. The smallest absolute Gasteiger partial charge is 0.177 e. The van der Waals surface area contributed by atoms with Crippen LogP contribution in [0.5, 0.6) is 0 Å². The number of nitrogens with zero attached hydrogens (tertiary/aromatic N) is 7. The van der Waals surface area contributed by atoms with Gasteiger partial charge in [0.05, 0.1) is 52.6 Å². The van der Waals surface area contributed by atoms with Crippen molar-refractivity contribution in [3.63, 3.8) is 0 Å². The van der Waals surface area contributed by atoms with Crippen LogP contribution in [0.25, 0.3) is 116 Å². The normalized spacial score (nSPS) is 11.0. The summed E-state index contributed by atoms with van der Waals surface area (Å²) >= 11 is 0. The fourth-order valence-corrected chi connectivity index (χ4v) is 8.52. The van der Waals surface area contributed by atoms with Crippen LogP contribution in [0, 0.1) is 13.1 Å². The van der Waals surface area contributed by atoms with Crippen LogP contribution in [0.15, 0.2) is 212 Å². The van der Waals surface area contributed by atoms with E-state index in [2.05, 4.69) is 123 Å². The topological polar surface area (TPSA) is 65.2 Å². The van der Waals surface area contributed by atoms with E-state index in [1.165, 1.54) is 0 Å². The highest BCUT2D eigenvalue weighted by atomic mass is 15.0. The van der Waals surface area contributed by atoms with Crippen molar-refractivity contribution in [2.24, 2.45) is 0 Å². The van der Waals surface area contributed by atoms with E-state index >= 15 is 0 Å². The predicted octanol–water partition coefficient (Wildman–Crippen LogP) is 15.1.